The number of hydrogen-bond donors (Lipinski definition) is 1. The highest BCUT2D eigenvalue weighted by Crippen LogP contribution is 2.22. The molecule has 1 aromatic carbocycles. The molecule has 0 aliphatic carbocycles. The molecule has 1 aromatic rings. The summed E-state index contributed by atoms with van der Waals surface area (Å²) in [7, 11) is 1.47. The maximum atomic E-state index is 13.2. The van der Waals surface area contributed by atoms with Crippen LogP contribution >= 0.6 is 15.9 Å². The minimum atomic E-state index is -0.532. The molecule has 0 aliphatic heterocycles. The normalized spacial score (nSPS) is 9.87. The van der Waals surface area contributed by atoms with Gasteiger partial charge in [-0.15, -0.1) is 0 Å². The predicted octanol–water partition coefficient (Wildman–Crippen LogP) is 2.75. The lowest BCUT2D eigenvalue weighted by atomic mass is 10.1. The van der Waals surface area contributed by atoms with Crippen molar-refractivity contribution in [2.24, 2.45) is 0 Å². The zero-order chi connectivity index (χ0) is 11.4. The van der Waals surface area contributed by atoms with Crippen molar-refractivity contribution < 1.29 is 13.9 Å². The summed E-state index contributed by atoms with van der Waals surface area (Å²) >= 11 is 3.11. The lowest BCUT2D eigenvalue weighted by molar-refractivity contribution is 0.142. The third-order valence-electron chi connectivity index (χ3n) is 1.84. The second-order valence-corrected chi connectivity index (χ2v) is 3.83. The Morgan fingerprint density at radius 3 is 2.80 bits per heavy atom. The number of rotatable bonds is 2. The highest BCUT2D eigenvalue weighted by atomic mass is 79.9. The Morgan fingerprint density at radius 2 is 2.27 bits per heavy atom. The molecule has 0 aromatic heterocycles. The molecule has 0 bridgehead atoms. The van der Waals surface area contributed by atoms with E-state index in [2.05, 4.69) is 21.2 Å². The van der Waals surface area contributed by atoms with Crippen molar-refractivity contribution in [1.82, 2.24) is 5.32 Å². The van der Waals surface area contributed by atoms with Gasteiger partial charge in [0.2, 0.25) is 0 Å². The van der Waals surface area contributed by atoms with Gasteiger partial charge in [0, 0.05) is 7.05 Å². The summed E-state index contributed by atoms with van der Waals surface area (Å²) in [6, 6.07) is 3.09. The fourth-order valence-electron chi connectivity index (χ4n) is 1.10. The standard InChI is InChI=1S/C10H11BrFNO2/c1-6-3-7(4-8(12)9(6)11)5-15-10(14)13-2/h3-4H,5H2,1-2H3,(H,13,14). The van der Waals surface area contributed by atoms with Crippen molar-refractivity contribution in [3.63, 3.8) is 0 Å². The first-order chi connectivity index (χ1) is 7.04. The Kier molecular flexibility index (Phi) is 4.08. The molecule has 15 heavy (non-hydrogen) atoms. The summed E-state index contributed by atoms with van der Waals surface area (Å²) < 4.78 is 18.5. The lowest BCUT2D eigenvalue weighted by Crippen LogP contribution is -2.18. The molecular weight excluding hydrogens is 265 g/mol. The third kappa shape index (κ3) is 3.20. The number of amides is 1. The van der Waals surface area contributed by atoms with Crippen molar-refractivity contribution in [3.05, 3.63) is 33.5 Å². The van der Waals surface area contributed by atoms with Gasteiger partial charge < -0.3 is 10.1 Å². The number of benzene rings is 1. The Hall–Kier alpha value is -1.10. The van der Waals surface area contributed by atoms with Gasteiger partial charge in [-0.3, -0.25) is 0 Å². The second-order valence-electron chi connectivity index (χ2n) is 3.03. The van der Waals surface area contributed by atoms with Crippen LogP contribution in [0.5, 0.6) is 0 Å². The molecule has 0 radical (unpaired) electrons. The van der Waals surface area contributed by atoms with Gasteiger partial charge in [0.25, 0.3) is 0 Å². The molecule has 0 unspecified atom stereocenters. The SMILES string of the molecule is CNC(=O)OCc1cc(C)c(Br)c(F)c1. The van der Waals surface area contributed by atoms with Gasteiger partial charge in [-0.2, -0.15) is 0 Å². The van der Waals surface area contributed by atoms with Crippen molar-refractivity contribution in [2.75, 3.05) is 7.05 Å². The number of hydrogen-bond acceptors (Lipinski definition) is 2. The maximum Gasteiger partial charge on any atom is 0.407 e. The summed E-state index contributed by atoms with van der Waals surface area (Å²) in [6.07, 6.45) is -0.532. The van der Waals surface area contributed by atoms with Crippen LogP contribution in [0, 0.1) is 12.7 Å². The molecule has 0 spiro atoms. The van der Waals surface area contributed by atoms with Gasteiger partial charge in [0.15, 0.2) is 0 Å². The van der Waals surface area contributed by atoms with Crippen molar-refractivity contribution >= 4 is 22.0 Å². The molecule has 0 fully saturated rings. The average Bonchev–Trinajstić information content (AvgIpc) is 2.22. The molecule has 0 aliphatic rings. The highest BCUT2D eigenvalue weighted by molar-refractivity contribution is 9.10. The number of carbonyl (C=O) groups excluding carboxylic acids is 1. The summed E-state index contributed by atoms with van der Waals surface area (Å²) in [4.78, 5) is 10.8. The van der Waals surface area contributed by atoms with Gasteiger partial charge in [-0.25, -0.2) is 9.18 Å². The first-order valence-corrected chi connectivity index (χ1v) is 5.13. The largest absolute Gasteiger partial charge is 0.445 e. The highest BCUT2D eigenvalue weighted by Gasteiger charge is 2.06. The van der Waals surface area contributed by atoms with Crippen LogP contribution in [0.3, 0.4) is 0 Å². The van der Waals surface area contributed by atoms with E-state index in [9.17, 15) is 9.18 Å². The Bertz CT molecular complexity index is 359. The fraction of sp³-hybridized carbons (Fsp3) is 0.300. The average molecular weight is 276 g/mol. The first-order valence-electron chi connectivity index (χ1n) is 4.33. The smallest absolute Gasteiger partial charge is 0.407 e. The Labute approximate surface area is 95.7 Å². The summed E-state index contributed by atoms with van der Waals surface area (Å²) in [5.41, 5.74) is 1.39. The quantitative estimate of drug-likeness (QED) is 0.902. The van der Waals surface area contributed by atoms with E-state index in [-0.39, 0.29) is 12.4 Å². The van der Waals surface area contributed by atoms with E-state index in [1.165, 1.54) is 13.1 Å². The van der Waals surface area contributed by atoms with Crippen LogP contribution in [0.15, 0.2) is 16.6 Å². The van der Waals surface area contributed by atoms with E-state index < -0.39 is 6.09 Å². The summed E-state index contributed by atoms with van der Waals surface area (Å²) in [6.45, 7) is 1.83. The van der Waals surface area contributed by atoms with Gasteiger partial charge in [0.05, 0.1) is 4.47 Å². The molecule has 5 heteroatoms. The topological polar surface area (TPSA) is 38.3 Å². The molecule has 1 N–H and O–H groups in total. The van der Waals surface area contributed by atoms with Gasteiger partial charge in [-0.05, 0) is 40.0 Å². The first kappa shape index (κ1) is 12.0. The molecule has 3 nitrogen and oxygen atoms in total. The third-order valence-corrected chi connectivity index (χ3v) is 2.85. The minimum absolute atomic E-state index is 0.0602. The van der Waals surface area contributed by atoms with Crippen LogP contribution < -0.4 is 5.32 Å². The van der Waals surface area contributed by atoms with Gasteiger partial charge >= 0.3 is 6.09 Å². The lowest BCUT2D eigenvalue weighted by Gasteiger charge is -2.06. The predicted molar refractivity (Wildman–Crippen MR) is 58.1 cm³/mol. The van der Waals surface area contributed by atoms with E-state index in [4.69, 9.17) is 4.74 Å². The number of ether oxygens (including phenoxy) is 1. The van der Waals surface area contributed by atoms with Crippen molar-refractivity contribution in [2.45, 2.75) is 13.5 Å². The van der Waals surface area contributed by atoms with Gasteiger partial charge in [0.1, 0.15) is 12.4 Å². The van der Waals surface area contributed by atoms with E-state index in [0.717, 1.165) is 5.56 Å². The molecule has 1 rings (SSSR count). The minimum Gasteiger partial charge on any atom is -0.445 e. The van der Waals surface area contributed by atoms with Crippen LogP contribution in [0.4, 0.5) is 9.18 Å². The molecule has 0 saturated carbocycles. The molecular formula is C10H11BrFNO2. The Morgan fingerprint density at radius 1 is 1.60 bits per heavy atom. The molecule has 1 amide bonds. The molecule has 0 saturated heterocycles. The van der Waals surface area contributed by atoms with E-state index in [0.29, 0.717) is 10.0 Å². The maximum absolute atomic E-state index is 13.2. The van der Waals surface area contributed by atoms with Crippen LogP contribution in [0.2, 0.25) is 0 Å². The van der Waals surface area contributed by atoms with Crippen molar-refractivity contribution in [1.29, 1.82) is 0 Å². The molecule has 82 valence electrons. The number of nitrogens with one attached hydrogen (secondary N) is 1. The zero-order valence-electron chi connectivity index (χ0n) is 8.43. The van der Waals surface area contributed by atoms with E-state index in [1.54, 1.807) is 13.0 Å². The van der Waals surface area contributed by atoms with Crippen LogP contribution in [-0.4, -0.2) is 13.1 Å². The fourth-order valence-corrected chi connectivity index (χ4v) is 1.33. The van der Waals surface area contributed by atoms with Crippen LogP contribution in [-0.2, 0) is 11.3 Å². The van der Waals surface area contributed by atoms with Gasteiger partial charge in [-0.1, -0.05) is 6.07 Å². The summed E-state index contributed by atoms with van der Waals surface area (Å²) in [5.74, 6) is -0.356. The number of aryl methyl sites for hydroxylation is 1. The second kappa shape index (κ2) is 5.11. The van der Waals surface area contributed by atoms with Crippen LogP contribution in [0.1, 0.15) is 11.1 Å². The zero-order valence-corrected chi connectivity index (χ0v) is 10.0. The summed E-state index contributed by atoms with van der Waals surface area (Å²) in [5, 5.41) is 2.31. The van der Waals surface area contributed by atoms with Crippen molar-refractivity contribution in [3.8, 4) is 0 Å². The molecule has 0 atom stereocenters. The molecule has 0 heterocycles. The van der Waals surface area contributed by atoms with Crippen LogP contribution in [0.25, 0.3) is 0 Å². The number of alkyl carbamates (subject to hydrolysis) is 1. The van der Waals surface area contributed by atoms with E-state index >= 15 is 0 Å². The Balaban J connectivity index is 2.75. The monoisotopic (exact) mass is 275 g/mol. The number of carbonyl (C=O) groups is 1. The number of halogens is 2. The van der Waals surface area contributed by atoms with E-state index in [1.807, 2.05) is 0 Å².